The van der Waals surface area contributed by atoms with E-state index in [1.807, 2.05) is 0 Å². The number of hydrazine groups is 1. The van der Waals surface area contributed by atoms with Gasteiger partial charge in [-0.3, -0.25) is 16.0 Å². The molecule has 1 saturated carbocycles. The first kappa shape index (κ1) is 14.5. The molecule has 0 bridgehead atoms. The summed E-state index contributed by atoms with van der Waals surface area (Å²) in [6.07, 6.45) is 6.21. The lowest BCUT2D eigenvalue weighted by Crippen LogP contribution is -2.37. The Bertz CT molecular complexity index is 399. The third-order valence-electron chi connectivity index (χ3n) is 4.47. The Kier molecular flexibility index (Phi) is 4.99. The summed E-state index contributed by atoms with van der Waals surface area (Å²) < 4.78 is 2.11. The zero-order valence-corrected chi connectivity index (χ0v) is 12.5. The molecule has 0 radical (unpaired) electrons. The zero-order valence-electron chi connectivity index (χ0n) is 12.5. The lowest BCUT2D eigenvalue weighted by atomic mass is 9.78. The van der Waals surface area contributed by atoms with E-state index in [-0.39, 0.29) is 6.04 Å². The predicted octanol–water partition coefficient (Wildman–Crippen LogP) is 2.80. The minimum atomic E-state index is 0.246. The quantitative estimate of drug-likeness (QED) is 0.635. The summed E-state index contributed by atoms with van der Waals surface area (Å²) in [5.41, 5.74) is 5.49. The second-order valence-corrected chi connectivity index (χ2v) is 5.91. The van der Waals surface area contributed by atoms with Crippen molar-refractivity contribution in [3.05, 3.63) is 17.5 Å². The average Bonchev–Trinajstić information content (AvgIpc) is 2.83. The monoisotopic (exact) mass is 264 g/mol. The van der Waals surface area contributed by atoms with Crippen molar-refractivity contribution in [3.8, 4) is 0 Å². The van der Waals surface area contributed by atoms with E-state index < -0.39 is 0 Å². The van der Waals surface area contributed by atoms with E-state index in [0.717, 1.165) is 18.9 Å². The van der Waals surface area contributed by atoms with Crippen LogP contribution in [-0.2, 0) is 13.0 Å². The second kappa shape index (κ2) is 6.53. The molecule has 3 unspecified atom stereocenters. The van der Waals surface area contributed by atoms with Gasteiger partial charge in [0.05, 0.1) is 17.4 Å². The van der Waals surface area contributed by atoms with Gasteiger partial charge >= 0.3 is 0 Å². The molecule has 3 atom stereocenters. The maximum Gasteiger partial charge on any atom is 0.0657 e. The van der Waals surface area contributed by atoms with Gasteiger partial charge in [0.1, 0.15) is 0 Å². The lowest BCUT2D eigenvalue weighted by Gasteiger charge is -2.33. The molecule has 0 aliphatic heterocycles. The molecule has 0 saturated heterocycles. The minimum absolute atomic E-state index is 0.246. The van der Waals surface area contributed by atoms with Gasteiger partial charge in [0.15, 0.2) is 0 Å². The topological polar surface area (TPSA) is 55.9 Å². The summed E-state index contributed by atoms with van der Waals surface area (Å²) in [4.78, 5) is 0. The highest BCUT2D eigenvalue weighted by atomic mass is 15.3. The maximum absolute atomic E-state index is 5.86. The Labute approximate surface area is 116 Å². The summed E-state index contributed by atoms with van der Waals surface area (Å²) in [7, 11) is 0. The molecule has 1 heterocycles. The van der Waals surface area contributed by atoms with Crippen LogP contribution in [0.4, 0.5) is 0 Å². The van der Waals surface area contributed by atoms with Crippen molar-refractivity contribution in [2.75, 3.05) is 0 Å². The molecule has 0 amide bonds. The third kappa shape index (κ3) is 3.18. The van der Waals surface area contributed by atoms with Crippen molar-refractivity contribution in [1.82, 2.24) is 15.2 Å². The van der Waals surface area contributed by atoms with E-state index in [1.54, 1.807) is 0 Å². The van der Waals surface area contributed by atoms with Gasteiger partial charge in [0.2, 0.25) is 0 Å². The van der Waals surface area contributed by atoms with Crippen LogP contribution in [-0.4, -0.2) is 9.78 Å². The van der Waals surface area contributed by atoms with E-state index in [0.29, 0.717) is 5.92 Å². The van der Waals surface area contributed by atoms with Gasteiger partial charge in [-0.15, -0.1) is 0 Å². The first-order valence-electron chi connectivity index (χ1n) is 7.72. The minimum Gasteiger partial charge on any atom is -0.271 e. The summed E-state index contributed by atoms with van der Waals surface area (Å²) in [6.45, 7) is 7.57. The number of nitrogens with two attached hydrogens (primary N) is 1. The molecule has 0 aromatic carbocycles. The van der Waals surface area contributed by atoms with Crippen LogP contribution >= 0.6 is 0 Å². The molecule has 1 aliphatic carbocycles. The fourth-order valence-corrected chi connectivity index (χ4v) is 3.41. The Balaban J connectivity index is 2.22. The molecule has 1 aromatic rings. The number of hydrogen-bond acceptors (Lipinski definition) is 3. The highest BCUT2D eigenvalue weighted by molar-refractivity contribution is 5.15. The van der Waals surface area contributed by atoms with Gasteiger partial charge in [0.25, 0.3) is 0 Å². The van der Waals surface area contributed by atoms with Gasteiger partial charge in [-0.05, 0) is 44.1 Å². The van der Waals surface area contributed by atoms with Crippen molar-refractivity contribution in [3.63, 3.8) is 0 Å². The molecule has 3 N–H and O–H groups in total. The van der Waals surface area contributed by atoms with E-state index in [2.05, 4.69) is 42.0 Å². The average molecular weight is 264 g/mol. The van der Waals surface area contributed by atoms with Crippen LogP contribution in [0, 0.1) is 11.8 Å². The van der Waals surface area contributed by atoms with Crippen molar-refractivity contribution in [1.29, 1.82) is 0 Å². The second-order valence-electron chi connectivity index (χ2n) is 5.91. The van der Waals surface area contributed by atoms with Crippen LogP contribution < -0.4 is 11.3 Å². The summed E-state index contributed by atoms with van der Waals surface area (Å²) in [6, 6.07) is 2.48. The van der Waals surface area contributed by atoms with Crippen LogP contribution in [0.2, 0.25) is 0 Å². The summed E-state index contributed by atoms with van der Waals surface area (Å²) in [5, 5.41) is 4.65. The zero-order chi connectivity index (χ0) is 13.8. The van der Waals surface area contributed by atoms with E-state index >= 15 is 0 Å². The SMILES string of the molecule is CCc1cc(C(NN)C2CCCC(C)C2)n(CC)n1. The van der Waals surface area contributed by atoms with Crippen LogP contribution in [0.1, 0.15) is 63.9 Å². The Morgan fingerprint density at radius 3 is 2.84 bits per heavy atom. The smallest absolute Gasteiger partial charge is 0.0657 e. The maximum atomic E-state index is 5.86. The molecular weight excluding hydrogens is 236 g/mol. The molecule has 4 nitrogen and oxygen atoms in total. The summed E-state index contributed by atoms with van der Waals surface area (Å²) in [5.74, 6) is 7.32. The standard InChI is InChI=1S/C15H28N4/c1-4-13-10-14(19(5-2)18-13)15(17-16)12-8-6-7-11(3)9-12/h10-12,15,17H,4-9,16H2,1-3H3. The van der Waals surface area contributed by atoms with Crippen molar-refractivity contribution >= 4 is 0 Å². The molecule has 4 heteroatoms. The van der Waals surface area contributed by atoms with Gasteiger partial charge in [0, 0.05) is 6.54 Å². The van der Waals surface area contributed by atoms with Crippen molar-refractivity contribution < 1.29 is 0 Å². The highest BCUT2D eigenvalue weighted by Gasteiger charge is 2.29. The molecule has 1 fully saturated rings. The number of aryl methyl sites for hydroxylation is 2. The van der Waals surface area contributed by atoms with Gasteiger partial charge in [-0.1, -0.05) is 26.7 Å². The predicted molar refractivity (Wildman–Crippen MR) is 78.5 cm³/mol. The molecular formula is C15H28N4. The first-order chi connectivity index (χ1) is 9.19. The Morgan fingerprint density at radius 1 is 1.47 bits per heavy atom. The van der Waals surface area contributed by atoms with Crippen LogP contribution in [0.15, 0.2) is 6.07 Å². The number of aromatic nitrogens is 2. The first-order valence-corrected chi connectivity index (χ1v) is 7.72. The number of nitrogens with one attached hydrogen (secondary N) is 1. The van der Waals surface area contributed by atoms with Crippen LogP contribution in [0.5, 0.6) is 0 Å². The highest BCUT2D eigenvalue weighted by Crippen LogP contribution is 2.36. The van der Waals surface area contributed by atoms with Crippen LogP contribution in [0.3, 0.4) is 0 Å². The normalized spacial score (nSPS) is 25.5. The lowest BCUT2D eigenvalue weighted by molar-refractivity contribution is 0.217. The van der Waals surface area contributed by atoms with Crippen LogP contribution in [0.25, 0.3) is 0 Å². The summed E-state index contributed by atoms with van der Waals surface area (Å²) >= 11 is 0. The molecule has 0 spiro atoms. The van der Waals surface area contributed by atoms with E-state index in [9.17, 15) is 0 Å². The fraction of sp³-hybridized carbons (Fsp3) is 0.800. The van der Waals surface area contributed by atoms with E-state index in [4.69, 9.17) is 5.84 Å². The Morgan fingerprint density at radius 2 is 2.26 bits per heavy atom. The Hall–Kier alpha value is -0.870. The molecule has 19 heavy (non-hydrogen) atoms. The molecule has 1 aliphatic rings. The van der Waals surface area contributed by atoms with Gasteiger partial charge in [-0.25, -0.2) is 0 Å². The number of nitrogens with zero attached hydrogens (tertiary/aromatic N) is 2. The van der Waals surface area contributed by atoms with Crippen molar-refractivity contribution in [2.45, 2.75) is 65.5 Å². The largest absolute Gasteiger partial charge is 0.271 e. The molecule has 2 rings (SSSR count). The third-order valence-corrected chi connectivity index (χ3v) is 4.47. The fourth-order valence-electron chi connectivity index (χ4n) is 3.41. The van der Waals surface area contributed by atoms with Gasteiger partial charge in [-0.2, -0.15) is 5.10 Å². The number of rotatable bonds is 5. The van der Waals surface area contributed by atoms with E-state index in [1.165, 1.54) is 37.1 Å². The number of hydrogen-bond donors (Lipinski definition) is 2. The molecule has 1 aromatic heterocycles. The van der Waals surface area contributed by atoms with Gasteiger partial charge < -0.3 is 0 Å². The van der Waals surface area contributed by atoms with Crippen molar-refractivity contribution in [2.24, 2.45) is 17.7 Å². The molecule has 108 valence electrons.